The first kappa shape index (κ1) is 36.0. The largest absolute Gasteiger partial charge is 0.0744 e. The van der Waals surface area contributed by atoms with Crippen LogP contribution < -0.4 is 0 Å². The zero-order valence-electron chi connectivity index (χ0n) is 33.2. The van der Waals surface area contributed by atoms with Gasteiger partial charge in [0.2, 0.25) is 0 Å². The number of hydrogen-bond acceptors (Lipinski definition) is 0. The van der Waals surface area contributed by atoms with Gasteiger partial charge in [-0.2, -0.15) is 0 Å². The smallest absolute Gasteiger partial charge is 0.0121 e. The minimum Gasteiger partial charge on any atom is -0.0744 e. The van der Waals surface area contributed by atoms with Gasteiger partial charge in [0.05, 0.1) is 0 Å². The Morgan fingerprint density at radius 1 is 0.296 bits per heavy atom. The van der Waals surface area contributed by atoms with E-state index >= 15 is 0 Å². The maximum absolute atomic E-state index is 2.97. The molecule has 4 aromatic carbocycles. The van der Waals surface area contributed by atoms with Gasteiger partial charge in [0.1, 0.15) is 0 Å². The highest BCUT2D eigenvalue weighted by atomic mass is 14.5. The summed E-state index contributed by atoms with van der Waals surface area (Å²) in [6, 6.07) is 34.6. The fourth-order valence-electron chi connectivity index (χ4n) is 11.8. The number of benzene rings is 4. The zero-order valence-corrected chi connectivity index (χ0v) is 33.2. The predicted octanol–water partition coefficient (Wildman–Crippen LogP) is 13.6. The molecule has 0 saturated heterocycles. The summed E-state index contributed by atoms with van der Waals surface area (Å²) >= 11 is 0. The van der Waals surface area contributed by atoms with E-state index in [-0.39, 0.29) is 10.8 Å². The third-order valence-electron chi connectivity index (χ3n) is 14.7. The Kier molecular flexibility index (Phi) is 10.8. The van der Waals surface area contributed by atoms with Crippen molar-refractivity contribution in [3.05, 3.63) is 164 Å². The standard InChI is InChI=1S/C54H64/c1-12-45-14-4-22-51-39-53-32-6-16-43-28-30-44(31-29-43)17-7-34-54(51,52(40-53)23-5-15-46(13-1)36-45)35-9-21-50-38-47-18-2-10-41-24-26-42(27-25-41)11-3-19-48(50)37-49(47)20-8-33-53/h1,12-13,24-31,36-40H,2-11,14-23,32-35H2. The van der Waals surface area contributed by atoms with Gasteiger partial charge < -0.3 is 0 Å². The number of aryl methyl sites for hydroxylation is 10. The SMILES string of the molecule is C1=C2CCCc3cccc(c3)CCCC3=CC14CCCc1ccc(cc1)CCCC23CCCc1cc2c(cc1CCCc1ccc(cc1)CCC2)CCC4. The van der Waals surface area contributed by atoms with Gasteiger partial charge in [0, 0.05) is 10.8 Å². The summed E-state index contributed by atoms with van der Waals surface area (Å²) in [5.41, 5.74) is 20.0. The first-order valence-electron chi connectivity index (χ1n) is 22.4. The van der Waals surface area contributed by atoms with Crippen molar-refractivity contribution >= 4 is 0 Å². The third kappa shape index (κ3) is 8.01. The van der Waals surface area contributed by atoms with Crippen LogP contribution in [0.25, 0.3) is 0 Å². The highest BCUT2D eigenvalue weighted by Crippen LogP contribution is 2.56. The van der Waals surface area contributed by atoms with Gasteiger partial charge in [-0.05, 0) is 210 Å². The molecular formula is C54H64. The Hall–Kier alpha value is -3.64. The van der Waals surface area contributed by atoms with Gasteiger partial charge >= 0.3 is 0 Å². The summed E-state index contributed by atoms with van der Waals surface area (Å²) in [5, 5.41) is 0. The van der Waals surface area contributed by atoms with Gasteiger partial charge in [-0.15, -0.1) is 0 Å². The van der Waals surface area contributed by atoms with Crippen LogP contribution in [0, 0.1) is 10.8 Å². The molecule has 0 heteroatoms. The normalized spacial score (nSPS) is 25.1. The van der Waals surface area contributed by atoms with Crippen molar-refractivity contribution in [2.75, 3.05) is 0 Å². The van der Waals surface area contributed by atoms with Gasteiger partial charge in [0.25, 0.3) is 0 Å². The molecule has 4 aromatic rings. The summed E-state index contributed by atoms with van der Waals surface area (Å²) in [7, 11) is 0. The quantitative estimate of drug-likeness (QED) is 0.159. The Morgan fingerprint density at radius 3 is 1.13 bits per heavy atom. The number of hydrogen-bond donors (Lipinski definition) is 0. The average Bonchev–Trinajstić information content (AvgIpc) is 3.18. The predicted molar refractivity (Wildman–Crippen MR) is 228 cm³/mol. The van der Waals surface area contributed by atoms with E-state index in [9.17, 15) is 0 Å². The lowest BCUT2D eigenvalue weighted by atomic mass is 9.57. The molecule has 0 unspecified atom stereocenters. The first-order chi connectivity index (χ1) is 26.6. The van der Waals surface area contributed by atoms with Crippen molar-refractivity contribution in [1.82, 2.24) is 0 Å². The molecule has 0 saturated carbocycles. The Morgan fingerprint density at radius 2 is 0.648 bits per heavy atom. The highest BCUT2D eigenvalue weighted by molar-refractivity contribution is 5.43. The van der Waals surface area contributed by atoms with Crippen molar-refractivity contribution in [1.29, 1.82) is 0 Å². The minimum atomic E-state index is 0.173. The maximum Gasteiger partial charge on any atom is 0.0121 e. The van der Waals surface area contributed by atoms with Crippen LogP contribution in [0.4, 0.5) is 0 Å². The van der Waals surface area contributed by atoms with Crippen LogP contribution in [-0.4, -0.2) is 0 Å². The number of rotatable bonds is 0. The molecule has 280 valence electrons. The Labute approximate surface area is 327 Å². The second-order valence-corrected chi connectivity index (χ2v) is 18.3. The average molecular weight is 713 g/mol. The monoisotopic (exact) mass is 713 g/mol. The molecule has 14 aliphatic rings. The zero-order chi connectivity index (χ0) is 36.2. The van der Waals surface area contributed by atoms with E-state index in [1.807, 2.05) is 11.1 Å². The first-order valence-corrected chi connectivity index (χ1v) is 22.4. The molecule has 54 heavy (non-hydrogen) atoms. The molecule has 0 fully saturated rings. The topological polar surface area (TPSA) is 0 Å². The van der Waals surface area contributed by atoms with Crippen molar-refractivity contribution in [3.8, 4) is 0 Å². The second kappa shape index (κ2) is 16.2. The molecular weight excluding hydrogens is 649 g/mol. The third-order valence-corrected chi connectivity index (χ3v) is 14.7. The van der Waals surface area contributed by atoms with E-state index in [1.165, 1.54) is 176 Å². The molecule has 14 aliphatic carbocycles. The van der Waals surface area contributed by atoms with E-state index in [2.05, 4.69) is 97.1 Å². The Bertz CT molecular complexity index is 1920. The number of allylic oxidation sites excluding steroid dienone is 4. The van der Waals surface area contributed by atoms with Crippen LogP contribution in [-0.2, 0) is 64.2 Å². The minimum absolute atomic E-state index is 0.173. The molecule has 0 amide bonds. The van der Waals surface area contributed by atoms with E-state index in [4.69, 9.17) is 0 Å². The van der Waals surface area contributed by atoms with Gasteiger partial charge in [0.15, 0.2) is 0 Å². The molecule has 14 bridgehead atoms. The van der Waals surface area contributed by atoms with Gasteiger partial charge in [-0.25, -0.2) is 0 Å². The fourth-order valence-corrected chi connectivity index (χ4v) is 11.8. The molecule has 18 rings (SSSR count). The molecule has 0 atom stereocenters. The van der Waals surface area contributed by atoms with Crippen LogP contribution in [0.15, 0.2) is 108 Å². The molecule has 0 aliphatic heterocycles. The van der Waals surface area contributed by atoms with Crippen LogP contribution in [0.5, 0.6) is 0 Å². The number of fused-ring (bicyclic) bond motifs is 2. The van der Waals surface area contributed by atoms with Crippen LogP contribution >= 0.6 is 0 Å². The fraction of sp³-hybridized carbons (Fsp3) is 0.481. The molecule has 0 nitrogen and oxygen atoms in total. The summed E-state index contributed by atoms with van der Waals surface area (Å²) in [5.74, 6) is 0. The van der Waals surface area contributed by atoms with Crippen molar-refractivity contribution in [2.24, 2.45) is 10.8 Å². The lowest BCUT2D eigenvalue weighted by molar-refractivity contribution is 0.279. The lowest BCUT2D eigenvalue weighted by Gasteiger charge is -2.47. The highest BCUT2D eigenvalue weighted by Gasteiger charge is 2.43. The molecule has 0 aromatic heterocycles. The van der Waals surface area contributed by atoms with Crippen molar-refractivity contribution < 1.29 is 0 Å². The van der Waals surface area contributed by atoms with E-state index < -0.39 is 0 Å². The molecule has 0 spiro atoms. The maximum atomic E-state index is 2.97. The van der Waals surface area contributed by atoms with Crippen molar-refractivity contribution in [2.45, 2.75) is 154 Å². The van der Waals surface area contributed by atoms with E-state index in [1.54, 1.807) is 33.4 Å². The second-order valence-electron chi connectivity index (χ2n) is 18.3. The van der Waals surface area contributed by atoms with Gasteiger partial charge in [-0.3, -0.25) is 0 Å². The van der Waals surface area contributed by atoms with E-state index in [0.717, 1.165) is 0 Å². The lowest BCUT2D eigenvalue weighted by Crippen LogP contribution is -2.35. The van der Waals surface area contributed by atoms with Crippen molar-refractivity contribution in [3.63, 3.8) is 0 Å². The van der Waals surface area contributed by atoms with Gasteiger partial charge in [-0.1, -0.05) is 108 Å². The summed E-state index contributed by atoms with van der Waals surface area (Å²) < 4.78 is 0. The molecule has 0 N–H and O–H groups in total. The van der Waals surface area contributed by atoms with E-state index in [0.29, 0.717) is 0 Å². The summed E-state index contributed by atoms with van der Waals surface area (Å²) in [6.07, 6.45) is 35.9. The summed E-state index contributed by atoms with van der Waals surface area (Å²) in [4.78, 5) is 0. The Balaban J connectivity index is 1.12. The molecule has 0 radical (unpaired) electrons. The van der Waals surface area contributed by atoms with Crippen LogP contribution in [0.2, 0.25) is 0 Å². The van der Waals surface area contributed by atoms with Crippen LogP contribution in [0.3, 0.4) is 0 Å². The summed E-state index contributed by atoms with van der Waals surface area (Å²) in [6.45, 7) is 0. The van der Waals surface area contributed by atoms with Crippen LogP contribution in [0.1, 0.15) is 146 Å². The molecule has 0 heterocycles.